The SMILES string of the molecule is COc1ccc([C@H]2c3sc(=O)[nH]c3SC3C4CC(C5C(=O)N(c6ccccc6C(F)(F)F)C(=O)C45)C32)cc1OC. The number of nitrogens with one attached hydrogen (secondary N) is 1. The molecule has 2 bridgehead atoms. The van der Waals surface area contributed by atoms with Crippen LogP contribution >= 0.6 is 23.1 Å². The maximum absolute atomic E-state index is 13.9. The molecular weight excluding hydrogens is 565 g/mol. The number of imide groups is 1. The highest BCUT2D eigenvalue weighted by Gasteiger charge is 2.70. The van der Waals surface area contributed by atoms with E-state index < -0.39 is 41.1 Å². The van der Waals surface area contributed by atoms with Crippen LogP contribution in [0.4, 0.5) is 18.9 Å². The number of amides is 2. The molecule has 2 aliphatic carbocycles. The Kier molecular flexibility index (Phi) is 5.70. The number of thiazole rings is 1. The van der Waals surface area contributed by atoms with Crippen molar-refractivity contribution in [1.82, 2.24) is 4.98 Å². The average Bonchev–Trinajstić information content (AvgIpc) is 3.66. The maximum atomic E-state index is 13.9. The molecule has 4 aliphatic rings. The smallest absolute Gasteiger partial charge is 0.418 e. The third-order valence-corrected chi connectivity index (χ3v) is 11.5. The Bertz CT molecular complexity index is 1620. The number of carbonyl (C=O) groups excluding carboxylic acids is 2. The molecule has 3 heterocycles. The highest BCUT2D eigenvalue weighted by Crippen LogP contribution is 2.69. The fourth-order valence-electron chi connectivity index (χ4n) is 7.58. The number of methoxy groups -OCH3 is 2. The van der Waals surface area contributed by atoms with Gasteiger partial charge in [-0.3, -0.25) is 14.4 Å². The number of alkyl halides is 3. The molecule has 3 aromatic rings. The number of aromatic nitrogens is 1. The quantitative estimate of drug-likeness (QED) is 0.424. The third kappa shape index (κ3) is 3.47. The molecule has 2 amide bonds. The molecule has 7 rings (SSSR count). The molecule has 2 aromatic carbocycles. The van der Waals surface area contributed by atoms with Gasteiger partial charge in [0.1, 0.15) is 0 Å². The molecule has 1 aromatic heterocycles. The second-order valence-corrected chi connectivity index (χ2v) is 12.8. The highest BCUT2D eigenvalue weighted by atomic mass is 32.2. The van der Waals surface area contributed by atoms with Crippen LogP contribution < -0.4 is 19.2 Å². The van der Waals surface area contributed by atoms with E-state index in [1.807, 2.05) is 12.1 Å². The van der Waals surface area contributed by atoms with Gasteiger partial charge in [0.2, 0.25) is 11.8 Å². The number of hydrogen-bond donors (Lipinski definition) is 1. The average molecular weight is 589 g/mol. The van der Waals surface area contributed by atoms with Gasteiger partial charge in [-0.25, -0.2) is 4.90 Å². The number of halogens is 3. The highest BCUT2D eigenvalue weighted by molar-refractivity contribution is 8.00. The van der Waals surface area contributed by atoms with Crippen molar-refractivity contribution in [3.05, 3.63) is 68.1 Å². The normalized spacial score (nSPS) is 30.3. The van der Waals surface area contributed by atoms with E-state index in [1.54, 1.807) is 20.3 Å². The molecule has 0 spiro atoms. The van der Waals surface area contributed by atoms with Crippen LogP contribution in [0.2, 0.25) is 0 Å². The van der Waals surface area contributed by atoms with Crippen molar-refractivity contribution in [2.75, 3.05) is 19.1 Å². The van der Waals surface area contributed by atoms with Crippen molar-refractivity contribution in [2.24, 2.45) is 29.6 Å². The minimum absolute atomic E-state index is 0.0864. The van der Waals surface area contributed by atoms with Crippen LogP contribution in [0.3, 0.4) is 0 Å². The van der Waals surface area contributed by atoms with E-state index in [4.69, 9.17) is 9.47 Å². The second kappa shape index (κ2) is 8.87. The van der Waals surface area contributed by atoms with Crippen LogP contribution in [-0.4, -0.2) is 36.3 Å². The van der Waals surface area contributed by atoms with Crippen molar-refractivity contribution < 1.29 is 32.2 Å². The summed E-state index contributed by atoms with van der Waals surface area (Å²) in [6, 6.07) is 10.3. The monoisotopic (exact) mass is 588 g/mol. The van der Waals surface area contributed by atoms with Gasteiger partial charge in [-0.05, 0) is 54.0 Å². The molecule has 208 valence electrons. The number of H-pyrrole nitrogens is 1. The van der Waals surface area contributed by atoms with Crippen molar-refractivity contribution in [1.29, 1.82) is 0 Å². The number of ether oxygens (including phenoxy) is 2. The first kappa shape index (κ1) is 25.7. The van der Waals surface area contributed by atoms with Crippen molar-refractivity contribution in [3.8, 4) is 11.5 Å². The topological polar surface area (TPSA) is 88.7 Å². The Labute approximate surface area is 234 Å². The number of thioether (sulfide) groups is 1. The predicted octanol–water partition coefficient (Wildman–Crippen LogP) is 5.15. The Balaban J connectivity index is 1.33. The van der Waals surface area contributed by atoms with Gasteiger partial charge in [0.15, 0.2) is 11.5 Å². The molecule has 2 aliphatic heterocycles. The van der Waals surface area contributed by atoms with E-state index in [0.29, 0.717) is 17.9 Å². The van der Waals surface area contributed by atoms with E-state index in [2.05, 4.69) is 4.98 Å². The molecule has 3 fully saturated rings. The summed E-state index contributed by atoms with van der Waals surface area (Å²) < 4.78 is 52.5. The lowest BCUT2D eigenvalue weighted by Crippen LogP contribution is -2.42. The van der Waals surface area contributed by atoms with Crippen molar-refractivity contribution >= 4 is 40.6 Å². The minimum atomic E-state index is -4.71. The van der Waals surface area contributed by atoms with Crippen LogP contribution in [0.15, 0.2) is 52.3 Å². The Hall–Kier alpha value is -3.25. The van der Waals surface area contributed by atoms with Crippen LogP contribution in [0.25, 0.3) is 0 Å². The van der Waals surface area contributed by atoms with Crippen LogP contribution in [0.1, 0.15) is 28.3 Å². The van der Waals surface area contributed by atoms with Crippen molar-refractivity contribution in [3.63, 3.8) is 0 Å². The lowest BCUT2D eigenvalue weighted by atomic mass is 9.68. The molecule has 6 unspecified atom stereocenters. The summed E-state index contributed by atoms with van der Waals surface area (Å²) in [5.41, 5.74) is -0.516. The van der Waals surface area contributed by atoms with Crippen LogP contribution in [-0.2, 0) is 15.8 Å². The number of rotatable bonds is 4. The number of hydrogen-bond acceptors (Lipinski definition) is 7. The number of carbonyl (C=O) groups is 2. The lowest BCUT2D eigenvalue weighted by molar-refractivity contribution is -0.137. The van der Waals surface area contributed by atoms with E-state index in [1.165, 1.54) is 30.0 Å². The molecule has 7 nitrogen and oxygen atoms in total. The van der Waals surface area contributed by atoms with E-state index >= 15 is 0 Å². The summed E-state index contributed by atoms with van der Waals surface area (Å²) in [4.78, 5) is 44.5. The molecular formula is C28H23F3N2O5S2. The van der Waals surface area contributed by atoms with Crippen molar-refractivity contribution in [2.45, 2.75) is 28.8 Å². The van der Waals surface area contributed by atoms with E-state index in [9.17, 15) is 27.6 Å². The zero-order valence-electron chi connectivity index (χ0n) is 21.2. The lowest BCUT2D eigenvalue weighted by Gasteiger charge is -2.43. The molecule has 7 atom stereocenters. The van der Waals surface area contributed by atoms with E-state index in [-0.39, 0.29) is 33.8 Å². The standard InChI is InChI=1S/C28H23F3N2O5S2/c1-37-16-8-7-11(9-17(16)38-2)18-19-12-10-13(22(19)39-24-23(18)40-27(36)32-24)21-20(12)25(34)33(26(21)35)15-6-4-3-5-14(15)28(29,30)31/h3-9,12-13,18-22H,10H2,1-2H3,(H,32,36)/t12?,13?,18-,19?,20?,21?,22?/m1/s1. The zero-order chi connectivity index (χ0) is 28.1. The summed E-state index contributed by atoms with van der Waals surface area (Å²) >= 11 is 2.65. The summed E-state index contributed by atoms with van der Waals surface area (Å²) in [6.07, 6.45) is -4.08. The fraction of sp³-hybridized carbons (Fsp3) is 0.393. The van der Waals surface area contributed by atoms with Gasteiger partial charge in [0, 0.05) is 16.0 Å². The second-order valence-electron chi connectivity index (χ2n) is 10.6. The molecule has 1 saturated heterocycles. The number of fused-ring (bicyclic) bond motifs is 9. The van der Waals surface area contributed by atoms with Crippen LogP contribution in [0.5, 0.6) is 11.5 Å². The Morgan fingerprint density at radius 2 is 1.65 bits per heavy atom. The number of benzene rings is 2. The van der Waals surface area contributed by atoms with Gasteiger partial charge in [0.05, 0.1) is 42.3 Å². The maximum Gasteiger partial charge on any atom is 0.418 e. The number of anilines is 1. The molecule has 1 N–H and O–H groups in total. The number of aromatic amines is 1. The van der Waals surface area contributed by atoms with E-state index in [0.717, 1.165) is 37.8 Å². The van der Waals surface area contributed by atoms with Crippen LogP contribution in [0, 0.1) is 29.6 Å². The largest absolute Gasteiger partial charge is 0.493 e. The first-order valence-electron chi connectivity index (χ1n) is 12.8. The summed E-state index contributed by atoms with van der Waals surface area (Å²) in [5.74, 6) is -2.22. The zero-order valence-corrected chi connectivity index (χ0v) is 22.9. The molecule has 2 saturated carbocycles. The fourth-order valence-corrected chi connectivity index (χ4v) is 10.5. The summed E-state index contributed by atoms with van der Waals surface area (Å²) in [5, 5.41) is 0.660. The van der Waals surface area contributed by atoms with Gasteiger partial charge in [-0.1, -0.05) is 29.5 Å². The first-order valence-corrected chi connectivity index (χ1v) is 14.5. The number of para-hydroxylation sites is 1. The predicted molar refractivity (Wildman–Crippen MR) is 142 cm³/mol. The first-order chi connectivity index (χ1) is 19.1. The molecule has 12 heteroatoms. The molecule has 40 heavy (non-hydrogen) atoms. The van der Waals surface area contributed by atoms with Gasteiger partial charge in [-0.15, -0.1) is 11.8 Å². The van der Waals surface area contributed by atoms with Gasteiger partial charge in [-0.2, -0.15) is 13.2 Å². The summed E-state index contributed by atoms with van der Waals surface area (Å²) in [6.45, 7) is 0. The van der Waals surface area contributed by atoms with Gasteiger partial charge in [0.25, 0.3) is 0 Å². The summed E-state index contributed by atoms with van der Waals surface area (Å²) in [7, 11) is 3.09. The number of nitrogens with zero attached hydrogens (tertiary/aromatic N) is 1. The Morgan fingerprint density at radius 3 is 2.35 bits per heavy atom. The third-order valence-electron chi connectivity index (χ3n) is 8.94. The molecule has 0 radical (unpaired) electrons. The minimum Gasteiger partial charge on any atom is -0.493 e. The van der Waals surface area contributed by atoms with Gasteiger partial charge >= 0.3 is 11.0 Å². The Morgan fingerprint density at radius 1 is 0.950 bits per heavy atom. The van der Waals surface area contributed by atoms with Gasteiger partial charge < -0.3 is 14.5 Å².